The molecule has 0 bridgehead atoms. The van der Waals surface area contributed by atoms with E-state index in [1.807, 2.05) is 42.5 Å². The first-order valence-electron chi connectivity index (χ1n) is 11.3. The van der Waals surface area contributed by atoms with Crippen LogP contribution in [0.15, 0.2) is 48.5 Å². The van der Waals surface area contributed by atoms with Gasteiger partial charge in [0, 0.05) is 55.4 Å². The highest BCUT2D eigenvalue weighted by Gasteiger charge is 2.33. The van der Waals surface area contributed by atoms with Crippen molar-refractivity contribution in [1.82, 2.24) is 19.8 Å². The average Bonchev–Trinajstić information content (AvgIpc) is 3.16. The van der Waals surface area contributed by atoms with Crippen LogP contribution in [0.25, 0.3) is 10.9 Å². The van der Waals surface area contributed by atoms with Crippen molar-refractivity contribution < 1.29 is 9.59 Å². The molecule has 10 heteroatoms. The number of hydrogen-bond acceptors (Lipinski definition) is 7. The Morgan fingerprint density at radius 1 is 1.15 bits per heavy atom. The highest BCUT2D eigenvalue weighted by Crippen LogP contribution is 2.28. The van der Waals surface area contributed by atoms with E-state index in [0.717, 1.165) is 54.3 Å². The van der Waals surface area contributed by atoms with Gasteiger partial charge in [-0.05, 0) is 42.5 Å². The zero-order valence-corrected chi connectivity index (χ0v) is 20.1. The molecule has 176 valence electrons. The Balaban J connectivity index is 1.10. The summed E-state index contributed by atoms with van der Waals surface area (Å²) in [6, 6.07) is 14.8. The van der Waals surface area contributed by atoms with Crippen molar-refractivity contribution in [3.8, 4) is 0 Å². The Labute approximate surface area is 207 Å². The van der Waals surface area contributed by atoms with E-state index in [1.54, 1.807) is 0 Å². The summed E-state index contributed by atoms with van der Waals surface area (Å²) in [6.07, 6.45) is 0.0478. The van der Waals surface area contributed by atoms with E-state index in [0.29, 0.717) is 12.4 Å². The number of benzene rings is 2. The maximum absolute atomic E-state index is 12.9. The largest absolute Gasteiger partial charge is 0.369 e. The Morgan fingerprint density at radius 2 is 1.94 bits per heavy atom. The zero-order chi connectivity index (χ0) is 23.7. The highest BCUT2D eigenvalue weighted by molar-refractivity contribution is 7.71. The number of hydrogen-bond donors (Lipinski definition) is 2. The summed E-state index contributed by atoms with van der Waals surface area (Å²) in [7, 11) is 0. The number of fused-ring (bicyclic) bond motifs is 3. The number of nitrogens with one attached hydrogen (secondary N) is 2. The first-order chi connectivity index (χ1) is 16.5. The third-order valence-electron chi connectivity index (χ3n) is 6.30. The van der Waals surface area contributed by atoms with Gasteiger partial charge in [0.1, 0.15) is 11.9 Å². The van der Waals surface area contributed by atoms with Gasteiger partial charge in [0.25, 0.3) is 5.91 Å². The van der Waals surface area contributed by atoms with E-state index in [9.17, 15) is 9.59 Å². The average molecular weight is 497 g/mol. The van der Waals surface area contributed by atoms with Gasteiger partial charge < -0.3 is 15.5 Å². The van der Waals surface area contributed by atoms with Crippen LogP contribution in [0.3, 0.4) is 0 Å². The second kappa shape index (κ2) is 9.69. The molecule has 1 saturated heterocycles. The van der Waals surface area contributed by atoms with Crippen LogP contribution >= 0.6 is 23.8 Å². The second-order valence-corrected chi connectivity index (χ2v) is 9.29. The maximum Gasteiger partial charge on any atom is 0.257 e. The summed E-state index contributed by atoms with van der Waals surface area (Å²) in [5.74, 6) is 0.196. The minimum absolute atomic E-state index is 0.0478. The van der Waals surface area contributed by atoms with Gasteiger partial charge in [-0.1, -0.05) is 29.8 Å². The van der Waals surface area contributed by atoms with Gasteiger partial charge in [-0.15, -0.1) is 0 Å². The van der Waals surface area contributed by atoms with Crippen molar-refractivity contribution in [3.63, 3.8) is 0 Å². The molecular weight excluding hydrogens is 472 g/mol. The van der Waals surface area contributed by atoms with Crippen molar-refractivity contribution in [3.05, 3.63) is 58.3 Å². The van der Waals surface area contributed by atoms with Crippen LogP contribution in [-0.2, 0) is 4.79 Å². The number of piperazine rings is 1. The summed E-state index contributed by atoms with van der Waals surface area (Å²) < 4.78 is 1.60. The fraction of sp³-hybridized carbons (Fsp3) is 0.333. The summed E-state index contributed by atoms with van der Waals surface area (Å²) >= 11 is 11.4. The fourth-order valence-corrected chi connectivity index (χ4v) is 4.99. The molecule has 3 heterocycles. The number of carbonyl (C=O) groups excluding carboxylic acids is 2. The lowest BCUT2D eigenvalue weighted by atomic mass is 10.2. The van der Waals surface area contributed by atoms with E-state index in [1.165, 1.54) is 4.57 Å². The van der Waals surface area contributed by atoms with Gasteiger partial charge >= 0.3 is 0 Å². The van der Waals surface area contributed by atoms with Crippen LogP contribution in [-0.4, -0.2) is 71.6 Å². The van der Waals surface area contributed by atoms with Gasteiger partial charge in [-0.2, -0.15) is 0 Å². The predicted molar refractivity (Wildman–Crippen MR) is 136 cm³/mol. The monoisotopic (exact) mass is 496 g/mol. The lowest BCUT2D eigenvalue weighted by Gasteiger charge is -2.36. The lowest BCUT2D eigenvalue weighted by Crippen LogP contribution is -2.48. The highest BCUT2D eigenvalue weighted by atomic mass is 35.5. The third-order valence-corrected chi connectivity index (χ3v) is 6.81. The minimum Gasteiger partial charge on any atom is -0.369 e. The van der Waals surface area contributed by atoms with Crippen LogP contribution in [0.1, 0.15) is 11.2 Å². The van der Waals surface area contributed by atoms with Gasteiger partial charge in [0.15, 0.2) is 0 Å². The first kappa shape index (κ1) is 22.8. The molecule has 1 fully saturated rings. The fourth-order valence-electron chi connectivity index (χ4n) is 4.52. The third kappa shape index (κ3) is 4.64. The van der Waals surface area contributed by atoms with Crippen molar-refractivity contribution in [1.29, 1.82) is 0 Å². The molecule has 1 amide bonds. The van der Waals surface area contributed by atoms with Crippen molar-refractivity contribution in [2.24, 2.45) is 0 Å². The van der Waals surface area contributed by atoms with E-state index in [4.69, 9.17) is 23.8 Å². The van der Waals surface area contributed by atoms with Crippen molar-refractivity contribution in [2.45, 2.75) is 12.5 Å². The SMILES string of the molecule is O=C(C[C@@H]1Nc2c3ccccc3nc(=S)n2C1=O)NCCN1CCN(c2cccc(Cl)c2)CC1. The summed E-state index contributed by atoms with van der Waals surface area (Å²) in [4.78, 5) is 34.4. The van der Waals surface area contributed by atoms with Crippen molar-refractivity contribution in [2.75, 3.05) is 49.5 Å². The van der Waals surface area contributed by atoms with Crippen LogP contribution in [0.5, 0.6) is 0 Å². The van der Waals surface area contributed by atoms with Crippen LogP contribution in [0, 0.1) is 4.77 Å². The Hall–Kier alpha value is -3.01. The molecule has 34 heavy (non-hydrogen) atoms. The first-order valence-corrected chi connectivity index (χ1v) is 12.1. The number of amides is 1. The van der Waals surface area contributed by atoms with Gasteiger partial charge in [-0.3, -0.25) is 14.5 Å². The van der Waals surface area contributed by atoms with Gasteiger partial charge in [-0.25, -0.2) is 9.55 Å². The lowest BCUT2D eigenvalue weighted by molar-refractivity contribution is -0.121. The van der Waals surface area contributed by atoms with Crippen LogP contribution in [0.2, 0.25) is 5.02 Å². The normalized spacial score (nSPS) is 18.1. The summed E-state index contributed by atoms with van der Waals surface area (Å²) in [5.41, 5.74) is 1.86. The molecule has 0 radical (unpaired) electrons. The predicted octanol–water partition coefficient (Wildman–Crippen LogP) is 3.18. The number of anilines is 2. The smallest absolute Gasteiger partial charge is 0.257 e. The summed E-state index contributed by atoms with van der Waals surface area (Å²) in [6.45, 7) is 4.96. The molecular formula is C24H25ClN6O2S. The number of rotatable bonds is 6. The summed E-state index contributed by atoms with van der Waals surface area (Å²) in [5, 5.41) is 7.69. The quantitative estimate of drug-likeness (QED) is 0.507. The molecule has 0 saturated carbocycles. The molecule has 0 unspecified atom stereocenters. The number of halogens is 1. The number of aromatic nitrogens is 2. The number of para-hydroxylation sites is 1. The molecule has 1 atom stereocenters. The molecule has 0 aliphatic carbocycles. The molecule has 3 aromatic rings. The maximum atomic E-state index is 12.9. The number of carbonyl (C=O) groups is 2. The molecule has 2 aliphatic rings. The van der Waals surface area contributed by atoms with E-state index >= 15 is 0 Å². The Morgan fingerprint density at radius 3 is 2.74 bits per heavy atom. The standard InChI is InChI=1S/C24H25ClN6O2S/c25-16-4-3-5-17(14-16)30-12-10-29(11-13-30)9-8-26-21(32)15-20-23(33)31-22(27-20)18-6-1-2-7-19(18)28-24(31)34/h1-7,14,20,27H,8-13,15H2,(H,26,32)/t20-/m0/s1. The zero-order valence-electron chi connectivity index (χ0n) is 18.5. The van der Waals surface area contributed by atoms with E-state index in [-0.39, 0.29) is 23.0 Å². The molecule has 5 rings (SSSR count). The second-order valence-electron chi connectivity index (χ2n) is 8.49. The number of nitrogens with zero attached hydrogens (tertiary/aromatic N) is 4. The molecule has 8 nitrogen and oxygen atoms in total. The van der Waals surface area contributed by atoms with Crippen LogP contribution in [0.4, 0.5) is 11.5 Å². The van der Waals surface area contributed by atoms with Gasteiger partial charge in [0.2, 0.25) is 10.7 Å². The topological polar surface area (TPSA) is 82.5 Å². The van der Waals surface area contributed by atoms with E-state index in [2.05, 4.69) is 31.5 Å². The molecule has 0 spiro atoms. The van der Waals surface area contributed by atoms with Crippen molar-refractivity contribution >= 4 is 58.0 Å². The molecule has 2 aliphatic heterocycles. The minimum atomic E-state index is -0.657. The Bertz CT molecular complexity index is 1300. The van der Waals surface area contributed by atoms with E-state index < -0.39 is 6.04 Å². The Kier molecular flexibility index (Phi) is 6.49. The molecule has 1 aromatic heterocycles. The van der Waals surface area contributed by atoms with Gasteiger partial charge in [0.05, 0.1) is 11.9 Å². The molecule has 2 aromatic carbocycles. The van der Waals surface area contributed by atoms with Crippen LogP contribution < -0.4 is 15.5 Å². The molecule has 2 N–H and O–H groups in total.